The van der Waals surface area contributed by atoms with Gasteiger partial charge >= 0.3 is 0 Å². The molecule has 17 heavy (non-hydrogen) atoms. The first-order valence-corrected chi connectivity index (χ1v) is 6.02. The van der Waals surface area contributed by atoms with Crippen LogP contribution in [0.5, 0.6) is 0 Å². The van der Waals surface area contributed by atoms with Crippen LogP contribution in [-0.4, -0.2) is 23.6 Å². The van der Waals surface area contributed by atoms with Crippen molar-refractivity contribution in [2.75, 3.05) is 6.61 Å². The molecule has 1 rings (SSSR count). The highest BCUT2D eigenvalue weighted by molar-refractivity contribution is 6.24. The third-order valence-electron chi connectivity index (χ3n) is 1.87. The molecule has 4 nitrogen and oxygen atoms in total. The summed E-state index contributed by atoms with van der Waals surface area (Å²) in [5.41, 5.74) is 0.707. The first kappa shape index (κ1) is 14.1. The van der Waals surface area contributed by atoms with Gasteiger partial charge in [0.2, 0.25) is 0 Å². The highest BCUT2D eigenvalue weighted by atomic mass is 35.5. The van der Waals surface area contributed by atoms with Crippen LogP contribution in [0.25, 0.3) is 0 Å². The third kappa shape index (κ3) is 5.24. The van der Waals surface area contributed by atoms with E-state index in [-0.39, 0.29) is 5.54 Å². The molecule has 0 bridgehead atoms. The fraction of sp³-hybridized carbons (Fsp3) is 0.583. The Morgan fingerprint density at radius 2 is 2.29 bits per heavy atom. The molecule has 5 heteroatoms. The molecular weight excluding hydrogens is 238 g/mol. The zero-order valence-electron chi connectivity index (χ0n) is 10.7. The van der Waals surface area contributed by atoms with Gasteiger partial charge in [0.05, 0.1) is 12.9 Å². The molecule has 0 saturated heterocycles. The lowest BCUT2D eigenvalue weighted by molar-refractivity contribution is 0.268. The molecule has 1 aliphatic heterocycles. The lowest BCUT2D eigenvalue weighted by atomic mass is 10.1. The van der Waals surface area contributed by atoms with Crippen LogP contribution in [0.1, 0.15) is 27.7 Å². The summed E-state index contributed by atoms with van der Waals surface area (Å²) >= 11 is 6.33. The quantitative estimate of drug-likeness (QED) is 0.462. The Bertz CT molecular complexity index is 344. The zero-order valence-corrected chi connectivity index (χ0v) is 11.5. The topological polar surface area (TPSA) is 45.6 Å². The van der Waals surface area contributed by atoms with Gasteiger partial charge in [0.25, 0.3) is 5.25 Å². The van der Waals surface area contributed by atoms with Crippen molar-refractivity contribution in [1.82, 2.24) is 10.6 Å². The summed E-state index contributed by atoms with van der Waals surface area (Å²) < 4.78 is 5.14. The number of rotatable bonds is 4. The number of hydrogen-bond donors (Lipinski definition) is 2. The summed E-state index contributed by atoms with van der Waals surface area (Å²) in [7, 11) is 0. The smallest absolute Gasteiger partial charge is 0.265 e. The summed E-state index contributed by atoms with van der Waals surface area (Å²) in [6.45, 7) is 8.67. The van der Waals surface area contributed by atoms with Crippen LogP contribution in [0.15, 0.2) is 29.1 Å². The van der Waals surface area contributed by atoms with E-state index in [0.717, 1.165) is 5.70 Å². The highest BCUT2D eigenvalue weighted by Gasteiger charge is 2.31. The van der Waals surface area contributed by atoms with Gasteiger partial charge in [0, 0.05) is 17.5 Å². The zero-order chi connectivity index (χ0) is 12.9. The van der Waals surface area contributed by atoms with Gasteiger partial charge in [-0.1, -0.05) is 11.6 Å². The van der Waals surface area contributed by atoms with Crippen LogP contribution >= 0.6 is 11.6 Å². The van der Waals surface area contributed by atoms with Crippen molar-refractivity contribution in [3.8, 4) is 0 Å². The number of aliphatic imine (C=N–C) groups is 1. The van der Waals surface area contributed by atoms with Crippen LogP contribution in [-0.2, 0) is 4.74 Å². The molecule has 1 heterocycles. The SMILES string of the molecule is CCO/C=C/C1=CC=NC(Cl)(NC(C)(C)C)N1. The van der Waals surface area contributed by atoms with E-state index < -0.39 is 5.25 Å². The molecule has 0 aliphatic carbocycles. The van der Waals surface area contributed by atoms with Crippen molar-refractivity contribution in [2.24, 2.45) is 4.99 Å². The molecule has 0 spiro atoms. The second-order valence-electron chi connectivity index (χ2n) is 4.78. The molecule has 1 unspecified atom stereocenters. The molecule has 0 aromatic rings. The van der Waals surface area contributed by atoms with Crippen molar-refractivity contribution < 1.29 is 4.74 Å². The van der Waals surface area contributed by atoms with Gasteiger partial charge in [0.1, 0.15) is 0 Å². The second-order valence-corrected chi connectivity index (χ2v) is 5.33. The number of nitrogens with one attached hydrogen (secondary N) is 2. The van der Waals surface area contributed by atoms with E-state index in [4.69, 9.17) is 16.3 Å². The molecule has 0 saturated carbocycles. The largest absolute Gasteiger partial charge is 0.501 e. The molecular formula is C12H20ClN3O. The summed E-state index contributed by atoms with van der Waals surface area (Å²) in [6, 6.07) is 0. The van der Waals surface area contributed by atoms with Gasteiger partial charge in [-0.05, 0) is 39.8 Å². The van der Waals surface area contributed by atoms with Crippen molar-refractivity contribution in [3.63, 3.8) is 0 Å². The van der Waals surface area contributed by atoms with Crippen LogP contribution in [0, 0.1) is 0 Å². The van der Waals surface area contributed by atoms with E-state index in [1.807, 2.05) is 39.8 Å². The summed E-state index contributed by atoms with van der Waals surface area (Å²) in [5.74, 6) is 0. The molecule has 1 atom stereocenters. The lowest BCUT2D eigenvalue weighted by Gasteiger charge is -2.35. The molecule has 2 N–H and O–H groups in total. The Labute approximate surface area is 108 Å². The van der Waals surface area contributed by atoms with Crippen LogP contribution < -0.4 is 10.6 Å². The molecule has 0 fully saturated rings. The van der Waals surface area contributed by atoms with E-state index in [9.17, 15) is 0 Å². The van der Waals surface area contributed by atoms with Gasteiger partial charge < -0.3 is 10.1 Å². The maximum absolute atomic E-state index is 6.33. The van der Waals surface area contributed by atoms with Gasteiger partial charge in [0.15, 0.2) is 0 Å². The maximum atomic E-state index is 6.33. The van der Waals surface area contributed by atoms with Gasteiger partial charge in [-0.2, -0.15) is 0 Å². The van der Waals surface area contributed by atoms with Crippen molar-refractivity contribution in [3.05, 3.63) is 24.1 Å². The fourth-order valence-corrected chi connectivity index (χ4v) is 1.81. The molecule has 96 valence electrons. The normalized spacial score (nSPS) is 24.6. The molecule has 1 aliphatic rings. The average Bonchev–Trinajstić information content (AvgIpc) is 2.14. The fourth-order valence-electron chi connectivity index (χ4n) is 1.36. The van der Waals surface area contributed by atoms with E-state index in [1.54, 1.807) is 12.5 Å². The number of hydrogen-bond acceptors (Lipinski definition) is 4. The molecule has 0 amide bonds. The summed E-state index contributed by atoms with van der Waals surface area (Å²) in [5, 5.41) is 5.29. The predicted octanol–water partition coefficient (Wildman–Crippen LogP) is 2.33. The van der Waals surface area contributed by atoms with Crippen molar-refractivity contribution >= 4 is 17.8 Å². The van der Waals surface area contributed by atoms with Gasteiger partial charge in [-0.15, -0.1) is 0 Å². The predicted molar refractivity (Wildman–Crippen MR) is 71.9 cm³/mol. The average molecular weight is 258 g/mol. The van der Waals surface area contributed by atoms with E-state index >= 15 is 0 Å². The lowest BCUT2D eigenvalue weighted by Crippen LogP contribution is -2.58. The van der Waals surface area contributed by atoms with Crippen molar-refractivity contribution in [1.29, 1.82) is 0 Å². The summed E-state index contributed by atoms with van der Waals surface area (Å²) in [6.07, 6.45) is 6.96. The Morgan fingerprint density at radius 3 is 2.88 bits per heavy atom. The number of allylic oxidation sites excluding steroid dienone is 2. The Kier molecular flexibility index (Phi) is 4.60. The first-order valence-electron chi connectivity index (χ1n) is 5.65. The second kappa shape index (κ2) is 5.56. The Hall–Kier alpha value is -1.00. The van der Waals surface area contributed by atoms with E-state index in [0.29, 0.717) is 6.61 Å². The number of alkyl halides is 1. The number of ether oxygens (including phenoxy) is 1. The summed E-state index contributed by atoms with van der Waals surface area (Å²) in [4.78, 5) is 4.19. The standard InChI is InChI=1S/C12H20ClN3O/c1-5-17-9-7-10-6-8-14-12(13,15-10)16-11(2,3)4/h6-9,15-16H,5H2,1-4H3/b9-7+. The number of halogens is 1. The maximum Gasteiger partial charge on any atom is 0.265 e. The minimum Gasteiger partial charge on any atom is -0.501 e. The van der Waals surface area contributed by atoms with E-state index in [1.165, 1.54) is 0 Å². The van der Waals surface area contributed by atoms with Crippen LogP contribution in [0.4, 0.5) is 0 Å². The number of nitrogens with zero attached hydrogens (tertiary/aromatic N) is 1. The molecule has 0 aromatic carbocycles. The van der Waals surface area contributed by atoms with Gasteiger partial charge in [-0.3, -0.25) is 5.32 Å². The molecule has 0 radical (unpaired) electrons. The minimum atomic E-state index is -1.00. The third-order valence-corrected chi connectivity index (χ3v) is 2.15. The van der Waals surface area contributed by atoms with Crippen LogP contribution in [0.3, 0.4) is 0 Å². The Balaban J connectivity index is 2.65. The monoisotopic (exact) mass is 257 g/mol. The minimum absolute atomic E-state index is 0.141. The molecule has 0 aromatic heterocycles. The van der Waals surface area contributed by atoms with Crippen molar-refractivity contribution in [2.45, 2.75) is 38.5 Å². The van der Waals surface area contributed by atoms with Gasteiger partial charge in [-0.25, -0.2) is 4.99 Å². The van der Waals surface area contributed by atoms with E-state index in [2.05, 4.69) is 15.6 Å². The first-order chi connectivity index (χ1) is 7.85. The Morgan fingerprint density at radius 1 is 1.59 bits per heavy atom. The highest BCUT2D eigenvalue weighted by Crippen LogP contribution is 2.19. The van der Waals surface area contributed by atoms with Crippen LogP contribution in [0.2, 0.25) is 0 Å².